The Morgan fingerprint density at radius 3 is 2.67 bits per heavy atom. The monoisotopic (exact) mass is 412 g/mol. The Bertz CT molecular complexity index is 831. The van der Waals surface area contributed by atoms with Crippen molar-refractivity contribution in [1.29, 1.82) is 0 Å². The standard InChI is InChI=1S/C23H32N4O3/c1-3-25-12-9-23(10-13-25)21(29)27(22(30)24-23)19-8-5-11-26(16-19)20(28)15-18-7-4-6-17(2)14-18/h4,6-7,14,19H,3,5,8-13,15-16H2,1-2H3,(H,24,30). The largest absolute Gasteiger partial charge is 0.340 e. The number of imide groups is 1. The van der Waals surface area contributed by atoms with Gasteiger partial charge in [0.1, 0.15) is 5.54 Å². The second kappa shape index (κ2) is 8.38. The zero-order valence-corrected chi connectivity index (χ0v) is 18.0. The minimum absolute atomic E-state index is 0.0586. The Kier molecular flexibility index (Phi) is 5.82. The van der Waals surface area contributed by atoms with Crippen molar-refractivity contribution >= 4 is 17.8 Å². The molecule has 162 valence electrons. The van der Waals surface area contributed by atoms with E-state index in [2.05, 4.69) is 17.1 Å². The molecular formula is C23H32N4O3. The summed E-state index contributed by atoms with van der Waals surface area (Å²) in [5.74, 6) is -0.0374. The van der Waals surface area contributed by atoms with Crippen LogP contribution in [0.3, 0.4) is 0 Å². The van der Waals surface area contributed by atoms with E-state index in [1.165, 1.54) is 4.90 Å². The first kappa shape index (κ1) is 20.8. The average molecular weight is 413 g/mol. The molecule has 3 fully saturated rings. The lowest BCUT2D eigenvalue weighted by atomic mass is 9.87. The van der Waals surface area contributed by atoms with Gasteiger partial charge in [-0.1, -0.05) is 36.8 Å². The molecule has 3 aliphatic heterocycles. The van der Waals surface area contributed by atoms with Gasteiger partial charge < -0.3 is 15.1 Å². The molecule has 0 aliphatic carbocycles. The fraction of sp³-hybridized carbons (Fsp3) is 0.609. The van der Waals surface area contributed by atoms with Crippen LogP contribution in [0.1, 0.15) is 43.7 Å². The van der Waals surface area contributed by atoms with Gasteiger partial charge in [0.15, 0.2) is 0 Å². The number of nitrogens with zero attached hydrogens (tertiary/aromatic N) is 3. The molecule has 7 nitrogen and oxygen atoms in total. The second-order valence-electron chi connectivity index (χ2n) is 8.92. The Morgan fingerprint density at radius 2 is 1.97 bits per heavy atom. The van der Waals surface area contributed by atoms with Gasteiger partial charge in [0, 0.05) is 26.2 Å². The van der Waals surface area contributed by atoms with Crippen molar-refractivity contribution in [2.45, 2.75) is 57.5 Å². The van der Waals surface area contributed by atoms with Gasteiger partial charge in [-0.2, -0.15) is 0 Å². The van der Waals surface area contributed by atoms with Gasteiger partial charge in [-0.05, 0) is 44.7 Å². The molecule has 3 saturated heterocycles. The normalized spacial score (nSPS) is 24.4. The number of piperidine rings is 2. The summed E-state index contributed by atoms with van der Waals surface area (Å²) >= 11 is 0. The lowest BCUT2D eigenvalue weighted by molar-refractivity contribution is -0.138. The first-order valence-corrected chi connectivity index (χ1v) is 11.1. The lowest BCUT2D eigenvalue weighted by Crippen LogP contribution is -2.56. The number of aryl methyl sites for hydroxylation is 1. The van der Waals surface area contributed by atoms with E-state index in [1.807, 2.05) is 36.1 Å². The number of urea groups is 1. The minimum Gasteiger partial charge on any atom is -0.340 e. The molecule has 0 aromatic heterocycles. The molecule has 30 heavy (non-hydrogen) atoms. The SMILES string of the molecule is CCN1CCC2(CC1)NC(=O)N(C1CCCN(C(=O)Cc3cccc(C)c3)C1)C2=O. The van der Waals surface area contributed by atoms with E-state index in [0.717, 1.165) is 43.6 Å². The highest BCUT2D eigenvalue weighted by atomic mass is 16.2. The maximum absolute atomic E-state index is 13.3. The van der Waals surface area contributed by atoms with E-state index >= 15 is 0 Å². The van der Waals surface area contributed by atoms with Gasteiger partial charge in [0.25, 0.3) is 5.91 Å². The van der Waals surface area contributed by atoms with Crippen molar-refractivity contribution in [3.63, 3.8) is 0 Å². The number of rotatable bonds is 4. The van der Waals surface area contributed by atoms with Crippen LogP contribution in [0.5, 0.6) is 0 Å². The van der Waals surface area contributed by atoms with Gasteiger partial charge in [-0.15, -0.1) is 0 Å². The van der Waals surface area contributed by atoms with Crippen molar-refractivity contribution < 1.29 is 14.4 Å². The van der Waals surface area contributed by atoms with Crippen LogP contribution in [0.2, 0.25) is 0 Å². The summed E-state index contributed by atoms with van der Waals surface area (Å²) in [7, 11) is 0. The molecule has 0 radical (unpaired) electrons. The number of carbonyl (C=O) groups excluding carboxylic acids is 3. The van der Waals surface area contributed by atoms with Crippen LogP contribution in [0, 0.1) is 6.92 Å². The van der Waals surface area contributed by atoms with Crippen LogP contribution in [0.15, 0.2) is 24.3 Å². The Hall–Kier alpha value is -2.41. The van der Waals surface area contributed by atoms with Crippen LogP contribution in [0.4, 0.5) is 4.79 Å². The number of nitrogens with one attached hydrogen (secondary N) is 1. The first-order chi connectivity index (χ1) is 14.4. The predicted molar refractivity (Wildman–Crippen MR) is 114 cm³/mol. The van der Waals surface area contributed by atoms with E-state index in [0.29, 0.717) is 32.4 Å². The van der Waals surface area contributed by atoms with Crippen LogP contribution >= 0.6 is 0 Å². The predicted octanol–water partition coefficient (Wildman–Crippen LogP) is 1.93. The molecule has 7 heteroatoms. The van der Waals surface area contributed by atoms with Gasteiger partial charge in [-0.25, -0.2) is 4.79 Å². The van der Waals surface area contributed by atoms with Crippen molar-refractivity contribution in [3.05, 3.63) is 35.4 Å². The number of carbonyl (C=O) groups is 3. The van der Waals surface area contributed by atoms with Crippen molar-refractivity contribution in [2.75, 3.05) is 32.7 Å². The smallest absolute Gasteiger partial charge is 0.325 e. The molecule has 3 aliphatic rings. The molecular weight excluding hydrogens is 380 g/mol. The van der Waals surface area contributed by atoms with Crippen molar-refractivity contribution in [2.24, 2.45) is 0 Å². The highest BCUT2D eigenvalue weighted by Crippen LogP contribution is 2.32. The van der Waals surface area contributed by atoms with Crippen molar-refractivity contribution in [3.8, 4) is 0 Å². The summed E-state index contributed by atoms with van der Waals surface area (Å²) in [5, 5.41) is 3.01. The maximum atomic E-state index is 13.3. The van der Waals surface area contributed by atoms with Crippen molar-refractivity contribution in [1.82, 2.24) is 20.0 Å². The fourth-order valence-corrected chi connectivity index (χ4v) is 5.06. The van der Waals surface area contributed by atoms with E-state index < -0.39 is 5.54 Å². The summed E-state index contributed by atoms with van der Waals surface area (Å²) in [4.78, 5) is 44.5. The zero-order valence-electron chi connectivity index (χ0n) is 18.0. The van der Waals surface area contributed by atoms with Gasteiger partial charge >= 0.3 is 6.03 Å². The summed E-state index contributed by atoms with van der Waals surface area (Å²) in [5.41, 5.74) is 1.38. The third-order valence-corrected chi connectivity index (χ3v) is 6.90. The van der Waals surface area contributed by atoms with E-state index in [4.69, 9.17) is 0 Å². The molecule has 1 spiro atoms. The third kappa shape index (κ3) is 3.95. The Labute approximate surface area is 178 Å². The molecule has 0 saturated carbocycles. The Morgan fingerprint density at radius 1 is 1.20 bits per heavy atom. The molecule has 1 N–H and O–H groups in total. The van der Waals surface area contributed by atoms with Crippen LogP contribution in [0.25, 0.3) is 0 Å². The number of benzene rings is 1. The summed E-state index contributed by atoms with van der Waals surface area (Å²) in [6, 6.07) is 7.45. The molecule has 4 amide bonds. The minimum atomic E-state index is -0.753. The summed E-state index contributed by atoms with van der Waals surface area (Å²) in [6.07, 6.45) is 3.23. The summed E-state index contributed by atoms with van der Waals surface area (Å²) < 4.78 is 0. The van der Waals surface area contributed by atoms with Gasteiger partial charge in [0.2, 0.25) is 5.91 Å². The third-order valence-electron chi connectivity index (χ3n) is 6.90. The van der Waals surface area contributed by atoms with Gasteiger partial charge in [0.05, 0.1) is 12.5 Å². The van der Waals surface area contributed by atoms with E-state index in [9.17, 15) is 14.4 Å². The lowest BCUT2D eigenvalue weighted by Gasteiger charge is -2.39. The molecule has 1 aromatic rings. The van der Waals surface area contributed by atoms with Crippen LogP contribution in [-0.4, -0.2) is 76.8 Å². The van der Waals surface area contributed by atoms with Crippen LogP contribution in [-0.2, 0) is 16.0 Å². The topological polar surface area (TPSA) is 73.0 Å². The average Bonchev–Trinajstić information content (AvgIpc) is 2.98. The van der Waals surface area contributed by atoms with Crippen LogP contribution < -0.4 is 5.32 Å². The molecule has 0 bridgehead atoms. The molecule has 1 aromatic carbocycles. The molecule has 1 atom stereocenters. The highest BCUT2D eigenvalue weighted by molar-refractivity contribution is 6.07. The number of hydrogen-bond acceptors (Lipinski definition) is 4. The van der Waals surface area contributed by atoms with Gasteiger partial charge in [-0.3, -0.25) is 14.5 Å². The quantitative estimate of drug-likeness (QED) is 0.767. The molecule has 3 heterocycles. The first-order valence-electron chi connectivity index (χ1n) is 11.1. The maximum Gasteiger partial charge on any atom is 0.325 e. The fourth-order valence-electron chi connectivity index (χ4n) is 5.06. The molecule has 1 unspecified atom stereocenters. The second-order valence-corrected chi connectivity index (χ2v) is 8.92. The highest BCUT2D eigenvalue weighted by Gasteiger charge is 2.54. The molecule has 4 rings (SSSR count). The van der Waals surface area contributed by atoms with E-state index in [-0.39, 0.29) is 23.9 Å². The van der Waals surface area contributed by atoms with E-state index in [1.54, 1.807) is 0 Å². The zero-order chi connectivity index (χ0) is 21.3. The number of hydrogen-bond donors (Lipinski definition) is 1. The number of likely N-dealkylation sites (tertiary alicyclic amines) is 2. The number of amides is 4. The summed E-state index contributed by atoms with van der Waals surface area (Å²) in [6.45, 7) is 7.85. The Balaban J connectivity index is 1.42.